The number of aromatic nitrogens is 3. The van der Waals surface area contributed by atoms with Crippen LogP contribution in [0, 0.1) is 0 Å². The van der Waals surface area contributed by atoms with E-state index in [1.807, 2.05) is 29.8 Å². The van der Waals surface area contributed by atoms with Crippen LogP contribution < -0.4 is 5.56 Å². The van der Waals surface area contributed by atoms with Gasteiger partial charge in [0.1, 0.15) is 5.69 Å². The first-order valence-corrected chi connectivity index (χ1v) is 11.5. The molecule has 2 aliphatic rings. The number of piperidine rings is 2. The van der Waals surface area contributed by atoms with E-state index in [4.69, 9.17) is 0 Å². The van der Waals surface area contributed by atoms with Crippen LogP contribution in [-0.4, -0.2) is 42.5 Å². The number of hydrogen-bond donors (Lipinski definition) is 1. The van der Waals surface area contributed by atoms with Crippen LogP contribution in [0.15, 0.2) is 59.0 Å². The highest BCUT2D eigenvalue weighted by Gasteiger charge is 2.45. The van der Waals surface area contributed by atoms with Crippen LogP contribution >= 0.6 is 11.3 Å². The Morgan fingerprint density at radius 3 is 2.67 bits per heavy atom. The highest BCUT2D eigenvalue weighted by Crippen LogP contribution is 2.40. The number of aliphatic hydroxyl groups is 1. The van der Waals surface area contributed by atoms with Gasteiger partial charge in [0.2, 0.25) is 0 Å². The Hall–Kier alpha value is -2.35. The van der Waals surface area contributed by atoms with Crippen LogP contribution in [0.1, 0.15) is 37.7 Å². The molecule has 2 atom stereocenters. The number of nitrogens with zero attached hydrogens (tertiary/aromatic N) is 4. The molecule has 6 nitrogen and oxygen atoms in total. The fourth-order valence-electron chi connectivity index (χ4n) is 5.10. The van der Waals surface area contributed by atoms with Crippen molar-refractivity contribution in [3.8, 4) is 10.6 Å². The molecule has 0 aromatic carbocycles. The zero-order chi connectivity index (χ0) is 20.6. The Morgan fingerprint density at radius 1 is 1.13 bits per heavy atom. The van der Waals surface area contributed by atoms with E-state index in [1.165, 1.54) is 16.7 Å². The number of thiophene rings is 1. The molecule has 0 spiro atoms. The summed E-state index contributed by atoms with van der Waals surface area (Å²) >= 11 is 1.60. The van der Waals surface area contributed by atoms with Gasteiger partial charge in [-0.3, -0.25) is 14.7 Å². The molecule has 2 saturated heterocycles. The molecule has 0 saturated carbocycles. The maximum Gasteiger partial charge on any atom is 0.266 e. The van der Waals surface area contributed by atoms with Gasteiger partial charge in [0.25, 0.3) is 5.56 Å². The van der Waals surface area contributed by atoms with Crippen LogP contribution in [0.2, 0.25) is 0 Å². The molecule has 156 valence electrons. The van der Waals surface area contributed by atoms with E-state index >= 15 is 0 Å². The number of rotatable bonds is 5. The minimum absolute atomic E-state index is 0.160. The van der Waals surface area contributed by atoms with Gasteiger partial charge in [-0.25, -0.2) is 4.68 Å². The molecule has 2 fully saturated rings. The first kappa shape index (κ1) is 19.6. The van der Waals surface area contributed by atoms with Gasteiger partial charge in [0.05, 0.1) is 17.0 Å². The van der Waals surface area contributed by atoms with Gasteiger partial charge >= 0.3 is 0 Å². The lowest BCUT2D eigenvalue weighted by molar-refractivity contribution is -0.105. The fraction of sp³-hybridized carbons (Fsp3) is 0.435. The first-order valence-electron chi connectivity index (χ1n) is 10.6. The summed E-state index contributed by atoms with van der Waals surface area (Å²) in [7, 11) is 0. The second-order valence-corrected chi connectivity index (χ2v) is 9.54. The number of fused-ring (bicyclic) bond motifs is 2. The van der Waals surface area contributed by atoms with Crippen molar-refractivity contribution in [2.45, 2.75) is 62.9 Å². The maximum atomic E-state index is 12.5. The van der Waals surface area contributed by atoms with Crippen molar-refractivity contribution in [1.29, 1.82) is 0 Å². The van der Waals surface area contributed by atoms with E-state index in [-0.39, 0.29) is 12.1 Å². The predicted molar refractivity (Wildman–Crippen MR) is 117 cm³/mol. The average molecular weight is 423 g/mol. The van der Waals surface area contributed by atoms with Crippen LogP contribution in [0.4, 0.5) is 0 Å². The van der Waals surface area contributed by atoms with Gasteiger partial charge in [-0.05, 0) is 54.8 Å². The van der Waals surface area contributed by atoms with E-state index in [2.05, 4.69) is 21.0 Å². The minimum Gasteiger partial charge on any atom is -0.388 e. The molecular formula is C23H26N4O2S. The van der Waals surface area contributed by atoms with Crippen molar-refractivity contribution in [3.05, 3.63) is 70.1 Å². The zero-order valence-electron chi connectivity index (χ0n) is 16.9. The third kappa shape index (κ3) is 3.97. The molecule has 5 rings (SSSR count). The zero-order valence-corrected chi connectivity index (χ0v) is 17.7. The van der Waals surface area contributed by atoms with Crippen molar-refractivity contribution in [1.82, 2.24) is 19.7 Å². The minimum atomic E-state index is -0.911. The Kier molecular flexibility index (Phi) is 5.26. The standard InChI is InChI=1S/C23H26N4O2S/c28-22-9-8-20(21-7-3-11-30-21)25-27(22)16-23(29)12-18-5-1-6-19(13-23)26(18)15-17-4-2-10-24-14-17/h2-4,7-11,14,18-19,29H,1,5-6,12-13,15-16H2. The maximum absolute atomic E-state index is 12.5. The van der Waals surface area contributed by atoms with Gasteiger partial charge in [0, 0.05) is 37.1 Å². The molecule has 30 heavy (non-hydrogen) atoms. The van der Waals surface area contributed by atoms with Crippen molar-refractivity contribution in [2.24, 2.45) is 0 Å². The largest absolute Gasteiger partial charge is 0.388 e. The summed E-state index contributed by atoms with van der Waals surface area (Å²) in [5.41, 5.74) is 0.919. The van der Waals surface area contributed by atoms with E-state index in [0.717, 1.165) is 30.0 Å². The Labute approximate surface area is 179 Å². The van der Waals surface area contributed by atoms with Gasteiger partial charge < -0.3 is 5.11 Å². The summed E-state index contributed by atoms with van der Waals surface area (Å²) in [6, 6.07) is 12.0. The molecule has 7 heteroatoms. The van der Waals surface area contributed by atoms with E-state index < -0.39 is 5.60 Å². The third-order valence-corrected chi connectivity index (χ3v) is 7.31. The van der Waals surface area contributed by atoms with Gasteiger partial charge in [0.15, 0.2) is 0 Å². The summed E-state index contributed by atoms with van der Waals surface area (Å²) in [4.78, 5) is 20.3. The van der Waals surface area contributed by atoms with Crippen LogP contribution in [0.25, 0.3) is 10.6 Å². The smallest absolute Gasteiger partial charge is 0.266 e. The second kappa shape index (κ2) is 8.06. The molecule has 1 N–H and O–H groups in total. The van der Waals surface area contributed by atoms with Crippen molar-refractivity contribution in [2.75, 3.05) is 0 Å². The first-order chi connectivity index (χ1) is 14.6. The lowest BCUT2D eigenvalue weighted by Gasteiger charge is -2.52. The van der Waals surface area contributed by atoms with Crippen molar-refractivity contribution >= 4 is 11.3 Å². The predicted octanol–water partition coefficient (Wildman–Crippen LogP) is 3.32. The van der Waals surface area contributed by atoms with Crippen molar-refractivity contribution < 1.29 is 5.11 Å². The SMILES string of the molecule is O=c1ccc(-c2cccs2)nn1CC1(O)CC2CCCC(C1)N2Cc1cccnc1. The Balaban J connectivity index is 1.36. The molecule has 2 bridgehead atoms. The molecule has 0 aliphatic carbocycles. The number of hydrogen-bond acceptors (Lipinski definition) is 6. The highest BCUT2D eigenvalue weighted by atomic mass is 32.1. The Bertz CT molecular complexity index is 1040. The van der Waals surface area contributed by atoms with E-state index in [9.17, 15) is 9.90 Å². The lowest BCUT2D eigenvalue weighted by Crippen LogP contribution is -2.59. The summed E-state index contributed by atoms with van der Waals surface area (Å²) in [6.07, 6.45) is 8.42. The van der Waals surface area contributed by atoms with Crippen LogP contribution in [0.3, 0.4) is 0 Å². The summed E-state index contributed by atoms with van der Waals surface area (Å²) in [5.74, 6) is 0. The van der Waals surface area contributed by atoms with Crippen molar-refractivity contribution in [3.63, 3.8) is 0 Å². The van der Waals surface area contributed by atoms with E-state index in [0.29, 0.717) is 24.9 Å². The van der Waals surface area contributed by atoms with Gasteiger partial charge in [-0.15, -0.1) is 11.3 Å². The monoisotopic (exact) mass is 422 g/mol. The third-order valence-electron chi connectivity index (χ3n) is 6.42. The molecule has 0 amide bonds. The average Bonchev–Trinajstić information content (AvgIpc) is 3.26. The molecule has 3 aromatic rings. The molecule has 2 unspecified atom stereocenters. The molecule has 3 aromatic heterocycles. The fourth-order valence-corrected chi connectivity index (χ4v) is 5.80. The normalized spacial score (nSPS) is 26.6. The van der Waals surface area contributed by atoms with Crippen LogP contribution in [0.5, 0.6) is 0 Å². The van der Waals surface area contributed by atoms with E-state index in [1.54, 1.807) is 29.7 Å². The summed E-state index contributed by atoms with van der Waals surface area (Å²) < 4.78 is 1.46. The van der Waals surface area contributed by atoms with Gasteiger partial charge in [-0.2, -0.15) is 5.10 Å². The summed E-state index contributed by atoms with van der Waals surface area (Å²) in [6.45, 7) is 1.12. The molecule has 5 heterocycles. The molecular weight excluding hydrogens is 396 g/mol. The van der Waals surface area contributed by atoms with Gasteiger partial charge in [-0.1, -0.05) is 18.6 Å². The lowest BCUT2D eigenvalue weighted by atomic mass is 9.75. The highest BCUT2D eigenvalue weighted by molar-refractivity contribution is 7.13. The Morgan fingerprint density at radius 2 is 1.97 bits per heavy atom. The molecule has 0 radical (unpaired) electrons. The second-order valence-electron chi connectivity index (χ2n) is 8.60. The summed E-state index contributed by atoms with van der Waals surface area (Å²) in [5, 5.41) is 18.1. The quantitative estimate of drug-likeness (QED) is 0.683. The molecule has 2 aliphatic heterocycles. The van der Waals surface area contributed by atoms with Crippen LogP contribution in [-0.2, 0) is 13.1 Å². The topological polar surface area (TPSA) is 71.2 Å². The number of pyridine rings is 1.